The number of carbonyl (C=O) groups is 1. The molecule has 132 valence electrons. The zero-order valence-corrected chi connectivity index (χ0v) is 14.4. The quantitative estimate of drug-likeness (QED) is 0.871. The first-order chi connectivity index (χ1) is 11.7. The number of rotatable bonds is 5. The number of aromatic nitrogens is 1. The highest BCUT2D eigenvalue weighted by molar-refractivity contribution is 5.94. The number of nitrogens with one attached hydrogen (secondary N) is 1. The predicted molar refractivity (Wildman–Crippen MR) is 95.2 cm³/mol. The molecule has 1 atom stereocenters. The van der Waals surface area contributed by atoms with Crippen LogP contribution < -0.4 is 10.2 Å². The number of hydrogen-bond donors (Lipinski definition) is 2. The minimum Gasteiger partial charge on any atom is -0.391 e. The van der Waals surface area contributed by atoms with Gasteiger partial charge in [0.25, 0.3) is 5.91 Å². The lowest BCUT2D eigenvalue weighted by atomic mass is 10.0. The van der Waals surface area contributed by atoms with Crippen molar-refractivity contribution in [2.45, 2.75) is 57.5 Å². The second kappa shape index (κ2) is 8.47. The van der Waals surface area contributed by atoms with Gasteiger partial charge in [0.05, 0.1) is 11.7 Å². The SMILES string of the molecule is O=C(NCC(O)C1CCCC1)c1ccc(N2CCCCCC2)nc1. The molecule has 1 aliphatic carbocycles. The Morgan fingerprint density at radius 3 is 2.50 bits per heavy atom. The van der Waals surface area contributed by atoms with Crippen molar-refractivity contribution in [2.24, 2.45) is 5.92 Å². The van der Waals surface area contributed by atoms with Gasteiger partial charge in [-0.2, -0.15) is 0 Å². The summed E-state index contributed by atoms with van der Waals surface area (Å²) in [5.41, 5.74) is 0.562. The van der Waals surface area contributed by atoms with Crippen LogP contribution in [0.5, 0.6) is 0 Å². The summed E-state index contributed by atoms with van der Waals surface area (Å²) in [5, 5.41) is 13.0. The second-order valence-corrected chi connectivity index (χ2v) is 7.13. The number of hydrogen-bond acceptors (Lipinski definition) is 4. The highest BCUT2D eigenvalue weighted by Gasteiger charge is 2.23. The van der Waals surface area contributed by atoms with Crippen molar-refractivity contribution in [3.63, 3.8) is 0 Å². The van der Waals surface area contributed by atoms with E-state index in [9.17, 15) is 9.90 Å². The average molecular weight is 331 g/mol. The number of nitrogens with zero attached hydrogens (tertiary/aromatic N) is 2. The lowest BCUT2D eigenvalue weighted by molar-refractivity contribution is 0.0840. The third-order valence-electron chi connectivity index (χ3n) is 5.36. The molecule has 0 radical (unpaired) electrons. The van der Waals surface area contributed by atoms with E-state index >= 15 is 0 Å². The fourth-order valence-corrected chi connectivity index (χ4v) is 3.82. The van der Waals surface area contributed by atoms with Crippen LogP contribution in [-0.4, -0.2) is 41.7 Å². The molecule has 1 saturated carbocycles. The largest absolute Gasteiger partial charge is 0.391 e. The van der Waals surface area contributed by atoms with Gasteiger partial charge in [0.1, 0.15) is 5.82 Å². The van der Waals surface area contributed by atoms with E-state index < -0.39 is 6.10 Å². The Morgan fingerprint density at radius 2 is 1.88 bits per heavy atom. The summed E-state index contributed by atoms with van der Waals surface area (Å²) < 4.78 is 0. The molecule has 2 N–H and O–H groups in total. The molecule has 1 aromatic rings. The summed E-state index contributed by atoms with van der Waals surface area (Å²) >= 11 is 0. The molecule has 1 amide bonds. The Balaban J connectivity index is 1.51. The number of anilines is 1. The van der Waals surface area contributed by atoms with Crippen LogP contribution in [0.4, 0.5) is 5.82 Å². The molecule has 1 saturated heterocycles. The molecule has 2 heterocycles. The molecule has 2 fully saturated rings. The van der Waals surface area contributed by atoms with Crippen LogP contribution in [-0.2, 0) is 0 Å². The molecule has 24 heavy (non-hydrogen) atoms. The van der Waals surface area contributed by atoms with Gasteiger partial charge >= 0.3 is 0 Å². The summed E-state index contributed by atoms with van der Waals surface area (Å²) in [4.78, 5) is 19.0. The van der Waals surface area contributed by atoms with Gasteiger partial charge in [-0.25, -0.2) is 4.98 Å². The lowest BCUT2D eigenvalue weighted by Gasteiger charge is -2.21. The molecule has 5 heteroatoms. The number of amides is 1. The van der Waals surface area contributed by atoms with Gasteiger partial charge < -0.3 is 15.3 Å². The van der Waals surface area contributed by atoms with E-state index in [-0.39, 0.29) is 5.91 Å². The van der Waals surface area contributed by atoms with Gasteiger partial charge in [-0.05, 0) is 43.7 Å². The minimum atomic E-state index is -0.430. The van der Waals surface area contributed by atoms with Gasteiger partial charge in [-0.15, -0.1) is 0 Å². The molecule has 1 aromatic heterocycles. The maximum absolute atomic E-state index is 12.2. The Labute approximate surface area is 144 Å². The maximum atomic E-state index is 12.2. The van der Waals surface area contributed by atoms with E-state index in [2.05, 4.69) is 15.2 Å². The smallest absolute Gasteiger partial charge is 0.252 e. The first-order valence-corrected chi connectivity index (χ1v) is 9.41. The zero-order chi connectivity index (χ0) is 16.8. The van der Waals surface area contributed by atoms with Gasteiger partial charge in [-0.1, -0.05) is 25.7 Å². The van der Waals surface area contributed by atoms with Crippen LogP contribution in [0, 0.1) is 5.92 Å². The first kappa shape index (κ1) is 17.2. The summed E-state index contributed by atoms with van der Waals surface area (Å²) in [6.07, 6.45) is 10.8. The number of aliphatic hydroxyl groups is 1. The fraction of sp³-hybridized carbons (Fsp3) is 0.684. The third-order valence-corrected chi connectivity index (χ3v) is 5.36. The molecule has 0 bridgehead atoms. The van der Waals surface area contributed by atoms with Gasteiger partial charge in [0, 0.05) is 25.8 Å². The van der Waals surface area contributed by atoms with Crippen LogP contribution in [0.3, 0.4) is 0 Å². The van der Waals surface area contributed by atoms with E-state index in [4.69, 9.17) is 0 Å². The predicted octanol–water partition coefficient (Wildman–Crippen LogP) is 2.74. The highest BCUT2D eigenvalue weighted by Crippen LogP contribution is 2.27. The first-order valence-electron chi connectivity index (χ1n) is 9.41. The van der Waals surface area contributed by atoms with Crippen LogP contribution in [0.25, 0.3) is 0 Å². The van der Waals surface area contributed by atoms with E-state index in [0.29, 0.717) is 18.0 Å². The summed E-state index contributed by atoms with van der Waals surface area (Å²) in [6.45, 7) is 2.43. The van der Waals surface area contributed by atoms with E-state index in [1.807, 2.05) is 12.1 Å². The molecule has 1 aliphatic heterocycles. The Hall–Kier alpha value is -1.62. The second-order valence-electron chi connectivity index (χ2n) is 7.13. The Morgan fingerprint density at radius 1 is 1.17 bits per heavy atom. The third kappa shape index (κ3) is 4.47. The Bertz CT molecular complexity index is 518. The number of carbonyl (C=O) groups excluding carboxylic acids is 1. The number of pyridine rings is 1. The Kier molecular flexibility index (Phi) is 6.07. The monoisotopic (exact) mass is 331 g/mol. The molecular weight excluding hydrogens is 302 g/mol. The molecule has 5 nitrogen and oxygen atoms in total. The van der Waals surface area contributed by atoms with Crippen LogP contribution in [0.2, 0.25) is 0 Å². The van der Waals surface area contributed by atoms with Crippen molar-refractivity contribution in [3.05, 3.63) is 23.9 Å². The van der Waals surface area contributed by atoms with Crippen molar-refractivity contribution in [1.29, 1.82) is 0 Å². The number of aliphatic hydroxyl groups excluding tert-OH is 1. The molecule has 3 rings (SSSR count). The van der Waals surface area contributed by atoms with Crippen molar-refractivity contribution >= 4 is 11.7 Å². The van der Waals surface area contributed by atoms with Crippen molar-refractivity contribution in [1.82, 2.24) is 10.3 Å². The van der Waals surface area contributed by atoms with E-state index in [0.717, 1.165) is 31.7 Å². The zero-order valence-electron chi connectivity index (χ0n) is 14.4. The van der Waals surface area contributed by atoms with E-state index in [1.54, 1.807) is 6.20 Å². The van der Waals surface area contributed by atoms with Crippen molar-refractivity contribution in [3.8, 4) is 0 Å². The van der Waals surface area contributed by atoms with Crippen molar-refractivity contribution in [2.75, 3.05) is 24.5 Å². The normalized spacial score (nSPS) is 20.6. The summed E-state index contributed by atoms with van der Waals surface area (Å²) in [7, 11) is 0. The van der Waals surface area contributed by atoms with Crippen LogP contribution >= 0.6 is 0 Å². The lowest BCUT2D eigenvalue weighted by Crippen LogP contribution is -2.35. The van der Waals surface area contributed by atoms with Gasteiger partial charge in [-0.3, -0.25) is 4.79 Å². The standard InChI is InChI=1S/C19H29N3O2/c23-17(15-7-3-4-8-15)14-21-19(24)16-9-10-18(20-13-16)22-11-5-1-2-6-12-22/h9-10,13,15,17,23H,1-8,11-12,14H2,(H,21,24). The van der Waals surface area contributed by atoms with Crippen LogP contribution in [0.1, 0.15) is 61.7 Å². The molecule has 2 aliphatic rings. The molecule has 1 unspecified atom stereocenters. The van der Waals surface area contributed by atoms with Gasteiger partial charge in [0.15, 0.2) is 0 Å². The van der Waals surface area contributed by atoms with Crippen molar-refractivity contribution < 1.29 is 9.90 Å². The summed E-state index contributed by atoms with van der Waals surface area (Å²) in [6, 6.07) is 3.78. The van der Waals surface area contributed by atoms with E-state index in [1.165, 1.54) is 38.5 Å². The van der Waals surface area contributed by atoms with Crippen LogP contribution in [0.15, 0.2) is 18.3 Å². The highest BCUT2D eigenvalue weighted by atomic mass is 16.3. The fourth-order valence-electron chi connectivity index (χ4n) is 3.82. The topological polar surface area (TPSA) is 65.5 Å². The van der Waals surface area contributed by atoms with Gasteiger partial charge in [0.2, 0.25) is 0 Å². The summed E-state index contributed by atoms with van der Waals surface area (Å²) in [5.74, 6) is 1.15. The molecular formula is C19H29N3O2. The minimum absolute atomic E-state index is 0.151. The molecule has 0 aromatic carbocycles. The maximum Gasteiger partial charge on any atom is 0.252 e. The average Bonchev–Trinajstić information content (AvgIpc) is 3.02. The molecule has 0 spiro atoms.